The van der Waals surface area contributed by atoms with Crippen LogP contribution < -0.4 is 0 Å². The molecule has 1 aliphatic rings. The van der Waals surface area contributed by atoms with Crippen molar-refractivity contribution in [2.75, 3.05) is 19.8 Å². The molecule has 3 rings (SSSR count). The Kier molecular flexibility index (Phi) is 5.40. The molecule has 0 unspecified atom stereocenters. The normalized spacial score (nSPS) is 19.8. The van der Waals surface area contributed by atoms with Gasteiger partial charge in [0.1, 0.15) is 0 Å². The maximum atomic E-state index is 12.8. The van der Waals surface area contributed by atoms with Crippen molar-refractivity contribution in [2.45, 2.75) is 32.4 Å². The van der Waals surface area contributed by atoms with E-state index in [9.17, 15) is 9.90 Å². The summed E-state index contributed by atoms with van der Waals surface area (Å²) in [6.07, 6.45) is 3.91. The minimum atomic E-state index is -0.631. The minimum Gasteiger partial charge on any atom is -0.388 e. The van der Waals surface area contributed by atoms with Crippen molar-refractivity contribution in [1.29, 1.82) is 0 Å². The highest BCUT2D eigenvalue weighted by molar-refractivity contribution is 5.95. The zero-order valence-electron chi connectivity index (χ0n) is 14.6. The molecule has 0 aliphatic carbocycles. The summed E-state index contributed by atoms with van der Waals surface area (Å²) in [5.74, 6) is 0.536. The van der Waals surface area contributed by atoms with Crippen molar-refractivity contribution in [3.63, 3.8) is 0 Å². The van der Waals surface area contributed by atoms with E-state index in [1.165, 1.54) is 0 Å². The number of aryl methyl sites for hydroxylation is 1. The molecule has 6 nitrogen and oxygen atoms in total. The molecule has 2 atom stereocenters. The van der Waals surface area contributed by atoms with E-state index in [-0.39, 0.29) is 18.6 Å². The van der Waals surface area contributed by atoms with Crippen LogP contribution in [-0.2, 0) is 11.2 Å². The Labute approximate surface area is 147 Å². The van der Waals surface area contributed by atoms with Crippen molar-refractivity contribution >= 4 is 5.91 Å². The molecule has 0 spiro atoms. The largest absolute Gasteiger partial charge is 0.388 e. The number of likely N-dealkylation sites (N-methyl/N-ethyl adjacent to an activating group) is 1. The Morgan fingerprint density at radius 1 is 1.20 bits per heavy atom. The van der Waals surface area contributed by atoms with Crippen molar-refractivity contribution in [1.82, 2.24) is 14.9 Å². The van der Waals surface area contributed by atoms with E-state index < -0.39 is 6.10 Å². The summed E-state index contributed by atoms with van der Waals surface area (Å²) in [5, 5.41) is 9.99. The number of ether oxygens (including phenoxy) is 1. The molecule has 1 aromatic carbocycles. The number of rotatable bonds is 5. The van der Waals surface area contributed by atoms with E-state index in [1.807, 2.05) is 31.5 Å². The lowest BCUT2D eigenvalue weighted by molar-refractivity contribution is 0.0520. The van der Waals surface area contributed by atoms with E-state index in [0.717, 1.165) is 17.5 Å². The second kappa shape index (κ2) is 7.72. The molecule has 6 heteroatoms. The minimum absolute atomic E-state index is 0.106. The molecule has 1 N–H and O–H groups in total. The third-order valence-corrected chi connectivity index (χ3v) is 4.53. The summed E-state index contributed by atoms with van der Waals surface area (Å²) in [5.41, 5.74) is 2.54. The first-order chi connectivity index (χ1) is 12.1. The molecule has 1 amide bonds. The van der Waals surface area contributed by atoms with E-state index in [1.54, 1.807) is 17.0 Å². The summed E-state index contributed by atoms with van der Waals surface area (Å²) < 4.78 is 5.27. The molecule has 1 fully saturated rings. The summed E-state index contributed by atoms with van der Waals surface area (Å²) in [4.78, 5) is 23.2. The molecule has 1 saturated heterocycles. The van der Waals surface area contributed by atoms with E-state index in [0.29, 0.717) is 24.5 Å². The van der Waals surface area contributed by atoms with Crippen LogP contribution in [0.1, 0.15) is 29.8 Å². The van der Waals surface area contributed by atoms with E-state index >= 15 is 0 Å². The van der Waals surface area contributed by atoms with Gasteiger partial charge in [-0.15, -0.1) is 0 Å². The number of aliphatic hydroxyl groups excluding tert-OH is 1. The Morgan fingerprint density at radius 2 is 1.88 bits per heavy atom. The third kappa shape index (κ3) is 3.70. The maximum absolute atomic E-state index is 12.8. The van der Waals surface area contributed by atoms with Gasteiger partial charge in [-0.05, 0) is 31.0 Å². The van der Waals surface area contributed by atoms with Gasteiger partial charge in [-0.3, -0.25) is 4.79 Å². The van der Waals surface area contributed by atoms with Crippen molar-refractivity contribution in [3.8, 4) is 11.4 Å². The molecule has 0 radical (unpaired) electrons. The highest BCUT2D eigenvalue weighted by atomic mass is 16.5. The fourth-order valence-corrected chi connectivity index (χ4v) is 2.97. The quantitative estimate of drug-likeness (QED) is 0.899. The van der Waals surface area contributed by atoms with Crippen molar-refractivity contribution < 1.29 is 14.6 Å². The van der Waals surface area contributed by atoms with Gasteiger partial charge >= 0.3 is 0 Å². The molecule has 25 heavy (non-hydrogen) atoms. The maximum Gasteiger partial charge on any atom is 0.254 e. The second-order valence-electron chi connectivity index (χ2n) is 6.11. The molecule has 0 bridgehead atoms. The van der Waals surface area contributed by atoms with Gasteiger partial charge < -0.3 is 14.7 Å². The Morgan fingerprint density at radius 3 is 2.40 bits per heavy atom. The number of carbonyl (C=O) groups is 1. The van der Waals surface area contributed by atoms with Gasteiger partial charge in [-0.25, -0.2) is 9.97 Å². The predicted octanol–water partition coefficient (Wildman–Crippen LogP) is 1.93. The number of benzene rings is 1. The third-order valence-electron chi connectivity index (χ3n) is 4.53. The lowest BCUT2D eigenvalue weighted by Crippen LogP contribution is -2.46. The molecule has 2 heterocycles. The summed E-state index contributed by atoms with van der Waals surface area (Å²) in [7, 11) is 0. The number of aliphatic hydroxyl groups is 1. The van der Waals surface area contributed by atoms with Gasteiger partial charge in [0, 0.05) is 30.1 Å². The van der Waals surface area contributed by atoms with Crippen LogP contribution >= 0.6 is 0 Å². The highest BCUT2D eigenvalue weighted by Crippen LogP contribution is 2.19. The van der Waals surface area contributed by atoms with Gasteiger partial charge in [0.15, 0.2) is 5.82 Å². The van der Waals surface area contributed by atoms with Gasteiger partial charge in [0.05, 0.1) is 25.4 Å². The zero-order valence-corrected chi connectivity index (χ0v) is 14.6. The summed E-state index contributed by atoms with van der Waals surface area (Å²) >= 11 is 0. The van der Waals surface area contributed by atoms with Crippen LogP contribution in [0.25, 0.3) is 11.4 Å². The Hall–Kier alpha value is -2.31. The van der Waals surface area contributed by atoms with Crippen molar-refractivity contribution in [2.24, 2.45) is 0 Å². The number of carbonyl (C=O) groups excluding carboxylic acids is 1. The number of hydrogen-bond acceptors (Lipinski definition) is 5. The molecule has 1 aromatic heterocycles. The topological polar surface area (TPSA) is 75.6 Å². The fraction of sp³-hybridized carbons (Fsp3) is 0.421. The Balaban J connectivity index is 1.77. The van der Waals surface area contributed by atoms with Gasteiger partial charge in [0.2, 0.25) is 0 Å². The fourth-order valence-electron chi connectivity index (χ4n) is 2.97. The van der Waals surface area contributed by atoms with Crippen molar-refractivity contribution in [3.05, 3.63) is 47.8 Å². The average molecular weight is 341 g/mol. The number of nitrogens with zero attached hydrogens (tertiary/aromatic N) is 3. The molecule has 0 saturated carbocycles. The van der Waals surface area contributed by atoms with Crippen LogP contribution in [0.3, 0.4) is 0 Å². The molecular formula is C19H23N3O3. The molecular weight excluding hydrogens is 318 g/mol. The first-order valence-corrected chi connectivity index (χ1v) is 8.62. The smallest absolute Gasteiger partial charge is 0.254 e. The van der Waals surface area contributed by atoms with Gasteiger partial charge in [0.25, 0.3) is 5.91 Å². The van der Waals surface area contributed by atoms with Crippen LogP contribution in [0.4, 0.5) is 0 Å². The highest BCUT2D eigenvalue weighted by Gasteiger charge is 2.34. The van der Waals surface area contributed by atoms with E-state index in [2.05, 4.69) is 16.9 Å². The molecule has 132 valence electrons. The molecule has 2 aromatic rings. The SMILES string of the molecule is CCc1cnc(-c2ccc(C(=O)N(CC)[C@H]3COC[C@@H]3O)cc2)nc1. The first-order valence-electron chi connectivity index (χ1n) is 8.62. The molecule has 1 aliphatic heterocycles. The lowest BCUT2D eigenvalue weighted by atomic mass is 10.1. The second-order valence-corrected chi connectivity index (χ2v) is 6.11. The standard InChI is InChI=1S/C19H23N3O3/c1-3-13-9-20-18(21-10-13)14-5-7-15(8-6-14)19(24)22(4-2)16-11-25-12-17(16)23/h5-10,16-17,23H,3-4,11-12H2,1-2H3/t16-,17-/m0/s1. The average Bonchev–Trinajstić information content (AvgIpc) is 3.08. The predicted molar refractivity (Wildman–Crippen MR) is 94.2 cm³/mol. The van der Waals surface area contributed by atoms with Crippen LogP contribution in [0, 0.1) is 0 Å². The summed E-state index contributed by atoms with van der Waals surface area (Å²) in [6.45, 7) is 5.13. The van der Waals surface area contributed by atoms with Gasteiger partial charge in [-0.2, -0.15) is 0 Å². The van der Waals surface area contributed by atoms with Gasteiger partial charge in [-0.1, -0.05) is 19.1 Å². The number of aromatic nitrogens is 2. The lowest BCUT2D eigenvalue weighted by Gasteiger charge is -2.28. The Bertz CT molecular complexity index is 716. The summed E-state index contributed by atoms with van der Waals surface area (Å²) in [6, 6.07) is 6.97. The van der Waals surface area contributed by atoms with E-state index in [4.69, 9.17) is 4.74 Å². The first kappa shape index (κ1) is 17.5. The van der Waals surface area contributed by atoms with Crippen LogP contribution in [0.5, 0.6) is 0 Å². The zero-order chi connectivity index (χ0) is 17.8. The number of amides is 1. The number of hydrogen-bond donors (Lipinski definition) is 1. The monoisotopic (exact) mass is 341 g/mol. The van der Waals surface area contributed by atoms with Crippen LogP contribution in [0.2, 0.25) is 0 Å². The van der Waals surface area contributed by atoms with Crippen LogP contribution in [-0.4, -0.2) is 57.8 Å². The van der Waals surface area contributed by atoms with Crippen LogP contribution in [0.15, 0.2) is 36.7 Å².